The van der Waals surface area contributed by atoms with Crippen molar-refractivity contribution in [3.05, 3.63) is 12.1 Å². The van der Waals surface area contributed by atoms with Crippen LogP contribution in [-0.2, 0) is 26.2 Å². The molecule has 7 heteroatoms. The summed E-state index contributed by atoms with van der Waals surface area (Å²) in [5, 5.41) is 0. The Morgan fingerprint density at radius 3 is 1.79 bits per heavy atom. The Kier molecular flexibility index (Phi) is 17.6. The first kappa shape index (κ1) is 24.8. The number of hydrogen-bond donors (Lipinski definition) is 0. The molecule has 1 aliphatic heterocycles. The van der Waals surface area contributed by atoms with Gasteiger partial charge in [-0.15, -0.1) is 0 Å². The second-order valence-electron chi connectivity index (χ2n) is 3.87. The van der Waals surface area contributed by atoms with Gasteiger partial charge in [-0.2, -0.15) is 0 Å². The van der Waals surface area contributed by atoms with Crippen LogP contribution in [0.4, 0.5) is 0 Å². The Morgan fingerprint density at radius 2 is 1.64 bits per heavy atom. The van der Waals surface area contributed by atoms with E-state index in [0.717, 1.165) is 6.54 Å². The second kappa shape index (κ2) is 9.93. The predicted octanol–water partition coefficient (Wildman–Crippen LogP) is -7.33. The number of hydrogen-bond acceptors (Lipinski definition) is 1. The first-order valence-corrected chi connectivity index (χ1v) is 7.31. The second-order valence-corrected chi connectivity index (χ2v) is 8.79. The summed E-state index contributed by atoms with van der Waals surface area (Å²) in [5.74, 6) is 3.31. The molecule has 14 heavy (non-hydrogen) atoms. The fraction of sp³-hybridized carbons (Fsp3) is 0.714. The summed E-state index contributed by atoms with van der Waals surface area (Å²) in [7, 11) is -1.05. The molecule has 0 spiro atoms. The smallest absolute Gasteiger partial charge is 1.00 e. The third kappa shape index (κ3) is 7.08. The molecular weight excluding hydrogens is 335 g/mol. The summed E-state index contributed by atoms with van der Waals surface area (Å²) < 4.78 is 2.56. The molecular formula is C7H15BCl3NSiZr. The monoisotopic (exact) mass is 347 g/mol. The van der Waals surface area contributed by atoms with Gasteiger partial charge in [0.15, 0.2) is 0 Å². The predicted molar refractivity (Wildman–Crippen MR) is 49.5 cm³/mol. The topological polar surface area (TPSA) is 3.24 Å². The SMILES string of the molecule is CB1[C-]=CCN1[Si](C)(C)C.[Cl-].[Cl-].[Cl-].[Zr+4]. The van der Waals surface area contributed by atoms with Gasteiger partial charge in [0.25, 0.3) is 0 Å². The van der Waals surface area contributed by atoms with Crippen LogP contribution in [0.2, 0.25) is 26.5 Å². The van der Waals surface area contributed by atoms with Crippen molar-refractivity contribution in [2.24, 2.45) is 0 Å². The van der Waals surface area contributed by atoms with Crippen molar-refractivity contribution in [1.29, 1.82) is 0 Å². The van der Waals surface area contributed by atoms with Gasteiger partial charge in [0, 0.05) is 6.85 Å². The molecule has 0 bridgehead atoms. The summed E-state index contributed by atoms with van der Waals surface area (Å²) in [6.45, 7) is 11.0. The summed E-state index contributed by atoms with van der Waals surface area (Å²) in [4.78, 5) is 0. The van der Waals surface area contributed by atoms with Crippen molar-refractivity contribution in [3.8, 4) is 0 Å². The number of rotatable bonds is 1. The van der Waals surface area contributed by atoms with Gasteiger partial charge in [0.05, 0.1) is 0 Å². The van der Waals surface area contributed by atoms with Crippen LogP contribution in [0.25, 0.3) is 0 Å². The molecule has 1 heterocycles. The Balaban J connectivity index is -0.000000125. The van der Waals surface area contributed by atoms with Crippen molar-refractivity contribution >= 4 is 15.1 Å². The normalized spacial score (nSPS) is 14.7. The quantitative estimate of drug-likeness (QED) is 0.336. The maximum Gasteiger partial charge on any atom is 4.00 e. The van der Waals surface area contributed by atoms with Crippen LogP contribution < -0.4 is 37.2 Å². The fourth-order valence-corrected chi connectivity index (χ4v) is 3.30. The summed E-state index contributed by atoms with van der Waals surface area (Å²) in [5.41, 5.74) is 0. The van der Waals surface area contributed by atoms with Crippen LogP contribution in [0.5, 0.6) is 0 Å². The van der Waals surface area contributed by atoms with E-state index in [-0.39, 0.29) is 63.4 Å². The molecule has 0 aromatic heterocycles. The molecule has 0 aromatic carbocycles. The van der Waals surface area contributed by atoms with Crippen LogP contribution in [0.1, 0.15) is 0 Å². The molecule has 0 radical (unpaired) electrons. The van der Waals surface area contributed by atoms with Crippen LogP contribution in [0, 0.1) is 5.98 Å². The molecule has 0 aliphatic carbocycles. The van der Waals surface area contributed by atoms with Gasteiger partial charge in [-0.25, -0.2) is 0 Å². The Labute approximate surface area is 127 Å². The van der Waals surface area contributed by atoms with Crippen molar-refractivity contribution in [2.75, 3.05) is 6.54 Å². The first-order chi connectivity index (χ1) is 4.52. The van der Waals surface area contributed by atoms with E-state index >= 15 is 0 Å². The maximum atomic E-state index is 3.31. The molecule has 0 unspecified atom stereocenters. The van der Waals surface area contributed by atoms with E-state index in [1.54, 1.807) is 0 Å². The van der Waals surface area contributed by atoms with Gasteiger partial charge in [-0.1, -0.05) is 26.5 Å². The molecule has 1 aliphatic rings. The number of nitrogens with zero attached hydrogens (tertiary/aromatic N) is 1. The van der Waals surface area contributed by atoms with Gasteiger partial charge in [-0.05, 0) is 6.54 Å². The van der Waals surface area contributed by atoms with Crippen molar-refractivity contribution in [2.45, 2.75) is 26.5 Å². The summed E-state index contributed by atoms with van der Waals surface area (Å²) >= 11 is 0. The molecule has 0 amide bonds. The minimum atomic E-state index is -1.05. The minimum absolute atomic E-state index is 0. The van der Waals surface area contributed by atoms with Gasteiger partial charge >= 0.3 is 26.2 Å². The molecule has 1 nitrogen and oxygen atoms in total. The minimum Gasteiger partial charge on any atom is -1.00 e. The number of halogens is 3. The molecule has 0 fully saturated rings. The zero-order chi connectivity index (χ0) is 7.78. The van der Waals surface area contributed by atoms with Crippen LogP contribution in [0.3, 0.4) is 0 Å². The van der Waals surface area contributed by atoms with E-state index in [0.29, 0.717) is 6.85 Å². The van der Waals surface area contributed by atoms with Crippen molar-refractivity contribution in [3.63, 3.8) is 0 Å². The van der Waals surface area contributed by atoms with Crippen LogP contribution in [0.15, 0.2) is 6.08 Å². The van der Waals surface area contributed by atoms with E-state index in [1.165, 1.54) is 0 Å². The third-order valence-electron chi connectivity index (χ3n) is 1.98. The molecule has 1 rings (SSSR count). The Bertz CT molecular complexity index is 166. The van der Waals surface area contributed by atoms with Gasteiger partial charge in [0.2, 0.25) is 0 Å². The summed E-state index contributed by atoms with van der Waals surface area (Å²) in [6.07, 6.45) is 2.16. The molecule has 0 N–H and O–H groups in total. The molecule has 0 aromatic rings. The zero-order valence-electron chi connectivity index (χ0n) is 8.94. The van der Waals surface area contributed by atoms with E-state index in [2.05, 4.69) is 43.0 Å². The standard InChI is InChI=1S/C7H15BNSi.3ClH.Zr/c1-8-6-5-7-9(8)10(2,3)4;;;;/h5H,7H2,1-4H3;3*1H;/q-1;;;;+4/p-3. The average Bonchev–Trinajstić information content (AvgIpc) is 2.11. The van der Waals surface area contributed by atoms with Crippen molar-refractivity contribution < 1.29 is 63.4 Å². The molecule has 80 valence electrons. The van der Waals surface area contributed by atoms with Crippen molar-refractivity contribution in [1.82, 2.24) is 4.48 Å². The van der Waals surface area contributed by atoms with E-state index in [4.69, 9.17) is 0 Å². The van der Waals surface area contributed by atoms with E-state index in [1.807, 2.05) is 0 Å². The van der Waals surface area contributed by atoms with E-state index < -0.39 is 8.24 Å². The first-order valence-electron chi connectivity index (χ1n) is 3.86. The Morgan fingerprint density at radius 1 is 1.21 bits per heavy atom. The van der Waals surface area contributed by atoms with E-state index in [9.17, 15) is 0 Å². The largest absolute Gasteiger partial charge is 4.00 e. The van der Waals surface area contributed by atoms with Gasteiger partial charge in [0.1, 0.15) is 8.24 Å². The Hall–Kier alpha value is 1.73. The van der Waals surface area contributed by atoms with Gasteiger partial charge in [-0.3, -0.25) is 6.08 Å². The van der Waals surface area contributed by atoms with Crippen LogP contribution in [-0.4, -0.2) is 26.1 Å². The molecule has 0 saturated heterocycles. The van der Waals surface area contributed by atoms with Gasteiger partial charge < -0.3 is 47.7 Å². The van der Waals surface area contributed by atoms with Crippen LogP contribution >= 0.6 is 0 Å². The molecule has 0 atom stereocenters. The molecule has 0 saturated carbocycles. The average molecular weight is 350 g/mol. The maximum absolute atomic E-state index is 3.31. The zero-order valence-corrected chi connectivity index (χ0v) is 14.7. The fourth-order valence-electron chi connectivity index (χ4n) is 1.42. The third-order valence-corrected chi connectivity index (χ3v) is 4.27. The summed E-state index contributed by atoms with van der Waals surface area (Å²) in [6, 6.07) is 0.